The number of aliphatic imine (C=N–C) groups is 1. The van der Waals surface area contributed by atoms with E-state index in [1.54, 1.807) is 0 Å². The van der Waals surface area contributed by atoms with Gasteiger partial charge in [0, 0.05) is 18.5 Å². The van der Waals surface area contributed by atoms with Gasteiger partial charge in [-0.05, 0) is 25.5 Å². The fourth-order valence-electron chi connectivity index (χ4n) is 2.00. The lowest BCUT2D eigenvalue weighted by molar-refractivity contribution is 0.551. The molecule has 2 aromatic rings. The molecule has 0 radical (unpaired) electrons. The van der Waals surface area contributed by atoms with E-state index >= 15 is 0 Å². The van der Waals surface area contributed by atoms with Crippen LogP contribution in [0.15, 0.2) is 39.7 Å². The summed E-state index contributed by atoms with van der Waals surface area (Å²) in [5.41, 5.74) is 0.918. The third-order valence-corrected chi connectivity index (χ3v) is 3.04. The molecule has 0 saturated heterocycles. The maximum Gasteiger partial charge on any atom is 0.191 e. The molecule has 0 spiro atoms. The van der Waals surface area contributed by atoms with Crippen molar-refractivity contribution in [3.8, 4) is 0 Å². The van der Waals surface area contributed by atoms with E-state index in [1.165, 1.54) is 6.42 Å². The van der Waals surface area contributed by atoms with Gasteiger partial charge in [-0.2, -0.15) is 0 Å². The van der Waals surface area contributed by atoms with Crippen molar-refractivity contribution in [2.75, 3.05) is 13.1 Å². The largest absolute Gasteiger partial charge is 0.459 e. The Morgan fingerprint density at radius 1 is 1.19 bits per heavy atom. The fourth-order valence-corrected chi connectivity index (χ4v) is 2.00. The SMILES string of the molecule is CCCCNC(=NCc1cc2ccccc2o1)NCC.I. The van der Waals surface area contributed by atoms with E-state index in [1.807, 2.05) is 18.2 Å². The smallest absolute Gasteiger partial charge is 0.191 e. The summed E-state index contributed by atoms with van der Waals surface area (Å²) < 4.78 is 5.76. The zero-order chi connectivity index (χ0) is 14.2. The molecule has 4 nitrogen and oxygen atoms in total. The molecule has 5 heteroatoms. The second kappa shape index (κ2) is 9.65. The molecule has 1 aromatic carbocycles. The molecular weight excluding hydrogens is 377 g/mol. The van der Waals surface area contributed by atoms with Gasteiger partial charge in [0.15, 0.2) is 5.96 Å². The number of guanidine groups is 1. The van der Waals surface area contributed by atoms with Gasteiger partial charge in [0.1, 0.15) is 17.9 Å². The normalized spacial score (nSPS) is 11.2. The summed E-state index contributed by atoms with van der Waals surface area (Å²) in [4.78, 5) is 4.55. The van der Waals surface area contributed by atoms with Crippen LogP contribution in [0.5, 0.6) is 0 Å². The summed E-state index contributed by atoms with van der Waals surface area (Å²) in [6, 6.07) is 10.1. The second-order valence-corrected chi connectivity index (χ2v) is 4.73. The van der Waals surface area contributed by atoms with E-state index in [9.17, 15) is 0 Å². The van der Waals surface area contributed by atoms with E-state index < -0.39 is 0 Å². The average Bonchev–Trinajstić information content (AvgIpc) is 2.87. The Morgan fingerprint density at radius 2 is 2.00 bits per heavy atom. The number of hydrogen-bond acceptors (Lipinski definition) is 2. The lowest BCUT2D eigenvalue weighted by Gasteiger charge is -2.10. The first kappa shape index (κ1) is 17.8. The summed E-state index contributed by atoms with van der Waals surface area (Å²) in [6.07, 6.45) is 2.32. The monoisotopic (exact) mass is 401 g/mol. The van der Waals surface area contributed by atoms with E-state index in [-0.39, 0.29) is 24.0 Å². The van der Waals surface area contributed by atoms with Crippen LogP contribution in [-0.4, -0.2) is 19.0 Å². The van der Waals surface area contributed by atoms with Gasteiger partial charge in [-0.15, -0.1) is 24.0 Å². The fraction of sp³-hybridized carbons (Fsp3) is 0.438. The number of unbranched alkanes of at least 4 members (excludes halogenated alkanes) is 1. The van der Waals surface area contributed by atoms with Crippen LogP contribution in [0, 0.1) is 0 Å². The first-order valence-corrected chi connectivity index (χ1v) is 7.33. The number of benzene rings is 1. The van der Waals surface area contributed by atoms with Gasteiger partial charge < -0.3 is 15.1 Å². The van der Waals surface area contributed by atoms with Crippen LogP contribution in [0.4, 0.5) is 0 Å². The molecule has 0 aliphatic heterocycles. The predicted octanol–water partition coefficient (Wildman–Crippen LogP) is 3.91. The summed E-state index contributed by atoms with van der Waals surface area (Å²) in [5, 5.41) is 7.69. The van der Waals surface area contributed by atoms with Gasteiger partial charge in [0.05, 0.1) is 0 Å². The molecule has 0 amide bonds. The topological polar surface area (TPSA) is 49.6 Å². The van der Waals surface area contributed by atoms with Gasteiger partial charge in [0.2, 0.25) is 0 Å². The third-order valence-electron chi connectivity index (χ3n) is 3.04. The number of hydrogen-bond donors (Lipinski definition) is 2. The highest BCUT2D eigenvalue weighted by molar-refractivity contribution is 14.0. The maximum absolute atomic E-state index is 5.76. The van der Waals surface area contributed by atoms with Crippen LogP contribution >= 0.6 is 24.0 Å². The lowest BCUT2D eigenvalue weighted by Crippen LogP contribution is -2.37. The number of furan rings is 1. The Balaban J connectivity index is 0.00000220. The van der Waals surface area contributed by atoms with Gasteiger partial charge in [0.25, 0.3) is 0 Å². The van der Waals surface area contributed by atoms with Crippen LogP contribution < -0.4 is 10.6 Å². The molecule has 0 aliphatic carbocycles. The highest BCUT2D eigenvalue weighted by atomic mass is 127. The molecule has 0 bridgehead atoms. The second-order valence-electron chi connectivity index (χ2n) is 4.73. The highest BCUT2D eigenvalue weighted by Crippen LogP contribution is 2.19. The summed E-state index contributed by atoms with van der Waals surface area (Å²) in [6.45, 7) is 6.61. The quantitative estimate of drug-likeness (QED) is 0.334. The lowest BCUT2D eigenvalue weighted by atomic mass is 10.2. The molecule has 0 aliphatic rings. The zero-order valence-electron chi connectivity index (χ0n) is 12.7. The summed E-state index contributed by atoms with van der Waals surface area (Å²) in [5.74, 6) is 1.74. The number of rotatable bonds is 6. The van der Waals surface area contributed by atoms with Crippen molar-refractivity contribution in [1.82, 2.24) is 10.6 Å². The number of halogens is 1. The molecule has 0 unspecified atom stereocenters. The van der Waals surface area contributed by atoms with Crippen LogP contribution in [0.25, 0.3) is 11.0 Å². The number of nitrogens with zero attached hydrogens (tertiary/aromatic N) is 1. The van der Waals surface area contributed by atoms with Crippen LogP contribution in [0.2, 0.25) is 0 Å². The van der Waals surface area contributed by atoms with Crippen molar-refractivity contribution in [2.45, 2.75) is 33.2 Å². The highest BCUT2D eigenvalue weighted by Gasteiger charge is 2.03. The summed E-state index contributed by atoms with van der Waals surface area (Å²) in [7, 11) is 0. The molecule has 1 heterocycles. The molecule has 1 aromatic heterocycles. The number of para-hydroxylation sites is 1. The minimum Gasteiger partial charge on any atom is -0.459 e. The predicted molar refractivity (Wildman–Crippen MR) is 99.4 cm³/mol. The maximum atomic E-state index is 5.76. The number of nitrogens with one attached hydrogen (secondary N) is 2. The molecule has 0 fully saturated rings. The minimum absolute atomic E-state index is 0. The van der Waals surface area contributed by atoms with E-state index in [0.29, 0.717) is 6.54 Å². The van der Waals surface area contributed by atoms with Crippen molar-refractivity contribution < 1.29 is 4.42 Å². The van der Waals surface area contributed by atoms with Crippen molar-refractivity contribution in [1.29, 1.82) is 0 Å². The molecular formula is C16H24IN3O. The molecule has 2 rings (SSSR count). The van der Waals surface area contributed by atoms with Crippen molar-refractivity contribution in [3.05, 3.63) is 36.1 Å². The third kappa shape index (κ3) is 5.57. The van der Waals surface area contributed by atoms with Gasteiger partial charge >= 0.3 is 0 Å². The standard InChI is InChI=1S/C16H23N3O.HI/c1-3-5-10-18-16(17-4-2)19-12-14-11-13-8-6-7-9-15(13)20-14;/h6-9,11H,3-5,10,12H2,1-2H3,(H2,17,18,19);1H. The van der Waals surface area contributed by atoms with E-state index in [2.05, 4.69) is 41.6 Å². The molecule has 2 N–H and O–H groups in total. The Labute approximate surface area is 143 Å². The number of fused-ring (bicyclic) bond motifs is 1. The van der Waals surface area contributed by atoms with Gasteiger partial charge in [-0.1, -0.05) is 31.5 Å². The van der Waals surface area contributed by atoms with E-state index in [4.69, 9.17) is 4.42 Å². The van der Waals surface area contributed by atoms with Gasteiger partial charge in [-0.3, -0.25) is 0 Å². The first-order valence-electron chi connectivity index (χ1n) is 7.33. The van der Waals surface area contributed by atoms with Crippen LogP contribution in [0.1, 0.15) is 32.4 Å². The Morgan fingerprint density at radius 3 is 2.71 bits per heavy atom. The molecule has 0 saturated carbocycles. The average molecular weight is 401 g/mol. The van der Waals surface area contributed by atoms with E-state index in [0.717, 1.165) is 42.2 Å². The Bertz CT molecular complexity index is 532. The van der Waals surface area contributed by atoms with Crippen molar-refractivity contribution >= 4 is 40.9 Å². The zero-order valence-corrected chi connectivity index (χ0v) is 15.0. The van der Waals surface area contributed by atoms with Crippen molar-refractivity contribution in [2.24, 2.45) is 4.99 Å². The van der Waals surface area contributed by atoms with Crippen LogP contribution in [0.3, 0.4) is 0 Å². The Hall–Kier alpha value is -1.24. The molecule has 21 heavy (non-hydrogen) atoms. The van der Waals surface area contributed by atoms with Gasteiger partial charge in [-0.25, -0.2) is 4.99 Å². The minimum atomic E-state index is 0. The molecule has 0 atom stereocenters. The Kier molecular flexibility index (Phi) is 8.19. The summed E-state index contributed by atoms with van der Waals surface area (Å²) >= 11 is 0. The van der Waals surface area contributed by atoms with Crippen LogP contribution in [-0.2, 0) is 6.54 Å². The van der Waals surface area contributed by atoms with Crippen molar-refractivity contribution in [3.63, 3.8) is 0 Å². The first-order chi connectivity index (χ1) is 9.83. The molecule has 116 valence electrons.